The number of carbonyl (C=O) groups excluding carboxylic acids is 8. The number of benzene rings is 2. The molecule has 2 unspecified atom stereocenters. The molecule has 0 saturated carbocycles. The van der Waals surface area contributed by atoms with E-state index in [0.29, 0.717) is 48.9 Å². The number of ether oxygens (including phenoxy) is 3. The molecule has 1 fully saturated rings. The first-order valence-corrected chi connectivity index (χ1v) is 28.3. The fourth-order valence-electron chi connectivity index (χ4n) is 10.4. The minimum atomic E-state index is -1.04. The van der Waals surface area contributed by atoms with Gasteiger partial charge in [-0.2, -0.15) is 0 Å². The molecule has 9 N–H and O–H groups in total. The zero-order valence-corrected chi connectivity index (χ0v) is 49.9. The number of primary amides is 1. The lowest BCUT2D eigenvalue weighted by atomic mass is 9.89. The van der Waals surface area contributed by atoms with Crippen LogP contribution in [0.25, 0.3) is 0 Å². The Morgan fingerprint density at radius 3 is 1.95 bits per heavy atom. The number of aliphatic hydroxyl groups is 1. The molecule has 0 bridgehead atoms. The zero-order chi connectivity index (χ0) is 60.1. The van der Waals surface area contributed by atoms with Crippen LogP contribution >= 0.6 is 0 Å². The molecule has 1 aliphatic heterocycles. The molecule has 1 aliphatic rings. The summed E-state index contributed by atoms with van der Waals surface area (Å²) in [5.41, 5.74) is 13.2. The van der Waals surface area contributed by atoms with E-state index in [1.165, 1.54) is 26.2 Å². The van der Waals surface area contributed by atoms with Gasteiger partial charge in [0.2, 0.25) is 29.5 Å². The number of rotatable bonds is 32. The maximum Gasteiger partial charge on any atom is 0.410 e. The predicted octanol–water partition coefficient (Wildman–Crippen LogP) is 4.61. The van der Waals surface area contributed by atoms with E-state index in [9.17, 15) is 43.5 Å². The largest absolute Gasteiger partial charge is 0.445 e. The van der Waals surface area contributed by atoms with E-state index >= 15 is 0 Å². The quantitative estimate of drug-likeness (QED) is 0.0494. The van der Waals surface area contributed by atoms with Gasteiger partial charge in [-0.25, -0.2) is 9.59 Å². The van der Waals surface area contributed by atoms with Crippen molar-refractivity contribution in [3.8, 4) is 0 Å². The monoisotopic (exact) mass is 1120 g/mol. The molecule has 1 heterocycles. The third kappa shape index (κ3) is 19.5. The van der Waals surface area contributed by atoms with Gasteiger partial charge in [0, 0.05) is 47.8 Å². The first-order valence-electron chi connectivity index (χ1n) is 28.3. The smallest absolute Gasteiger partial charge is 0.410 e. The number of hydrogen-bond donors (Lipinski definition) is 7. The molecule has 12 atom stereocenters. The molecular formula is C59H95N9O12. The maximum atomic E-state index is 14.7. The van der Waals surface area contributed by atoms with Gasteiger partial charge in [0.25, 0.3) is 0 Å². The number of aliphatic hydroxyl groups excluding tert-OH is 1. The van der Waals surface area contributed by atoms with E-state index in [1.54, 1.807) is 94.8 Å². The number of amides is 8. The molecule has 21 heteroatoms. The molecule has 21 nitrogen and oxygen atoms in total. The topological polar surface area (TPSA) is 294 Å². The van der Waals surface area contributed by atoms with Crippen molar-refractivity contribution in [2.24, 2.45) is 41.1 Å². The van der Waals surface area contributed by atoms with E-state index in [1.807, 2.05) is 45.9 Å². The summed E-state index contributed by atoms with van der Waals surface area (Å²) in [4.78, 5) is 113. The summed E-state index contributed by atoms with van der Waals surface area (Å²) in [5.74, 6) is -3.97. The van der Waals surface area contributed by atoms with Crippen molar-refractivity contribution < 1.29 is 57.7 Å². The standard InChI is InChI=1S/C59H95N9O12/c1-15-37(8)51(46(78-13)32-47(70)68-30-20-24-44(68)53(79-14)38(9)54(72)63-39(10)52(71)42-21-17-16-18-22-42)66(11)57(75)49(35(4)5)65-56(74)50(36(6)7)67(12)59(77)80-33-41-27-25-40(26-28-41)31-45(69)43(23-19-29-62-58(61)76)64-55(73)48(60)34(2)3/h16-18,21-22,25-28,34-39,43-44,46,48-53,71H,15,19-20,23-24,29-33,60H2,1-14H3,(H,63,72)(H,64,73)(H,65,74)(H3,61,62,76)/t37-,38+,39+,43?,44-,46+,48?,49-,50-,51-,52+,53+/m0/s1. The van der Waals surface area contributed by atoms with Gasteiger partial charge in [0.05, 0.1) is 60.9 Å². The number of likely N-dealkylation sites (N-methyl/N-ethyl adjacent to an activating group) is 2. The molecule has 0 radical (unpaired) electrons. The molecule has 448 valence electrons. The van der Waals surface area contributed by atoms with Crippen LogP contribution in [-0.2, 0) is 56.0 Å². The number of Topliss-reactive ketones (excluding diaryl/α,β-unsaturated/α-hetero) is 1. The van der Waals surface area contributed by atoms with Gasteiger partial charge in [-0.05, 0) is 73.0 Å². The van der Waals surface area contributed by atoms with Crippen LogP contribution in [0.5, 0.6) is 0 Å². The molecule has 0 spiro atoms. The van der Waals surface area contributed by atoms with Crippen molar-refractivity contribution in [3.05, 3.63) is 71.3 Å². The average Bonchev–Trinajstić information content (AvgIpc) is 3.91. The number of methoxy groups -OCH3 is 2. The van der Waals surface area contributed by atoms with Crippen molar-refractivity contribution in [2.45, 2.75) is 181 Å². The van der Waals surface area contributed by atoms with Crippen molar-refractivity contribution in [3.63, 3.8) is 0 Å². The van der Waals surface area contributed by atoms with E-state index in [0.717, 1.165) is 0 Å². The Balaban J connectivity index is 1.70. The van der Waals surface area contributed by atoms with Gasteiger partial charge in [0.1, 0.15) is 18.7 Å². The molecule has 2 aromatic rings. The number of likely N-dealkylation sites (tertiary alicyclic amines) is 1. The minimum absolute atomic E-state index is 0.0118. The van der Waals surface area contributed by atoms with E-state index in [-0.39, 0.29) is 61.8 Å². The van der Waals surface area contributed by atoms with Crippen LogP contribution in [0.15, 0.2) is 54.6 Å². The van der Waals surface area contributed by atoms with Crippen LogP contribution in [-0.4, -0.2) is 163 Å². The number of nitrogens with zero attached hydrogens (tertiary/aromatic N) is 3. The molecule has 8 amide bonds. The van der Waals surface area contributed by atoms with E-state index in [4.69, 9.17) is 25.7 Å². The zero-order valence-electron chi connectivity index (χ0n) is 49.9. The highest BCUT2D eigenvalue weighted by Gasteiger charge is 2.44. The number of ketones is 1. The minimum Gasteiger partial charge on any atom is -0.445 e. The average molecular weight is 1120 g/mol. The Kier molecular flexibility index (Phi) is 28.0. The van der Waals surface area contributed by atoms with Gasteiger partial charge < -0.3 is 61.9 Å². The summed E-state index contributed by atoms with van der Waals surface area (Å²) in [6.45, 7) is 18.8. The Labute approximate surface area is 474 Å². The molecule has 3 rings (SSSR count). The fraction of sp³-hybridized carbons (Fsp3) is 0.661. The first-order chi connectivity index (χ1) is 37.7. The van der Waals surface area contributed by atoms with Crippen LogP contribution in [0.4, 0.5) is 9.59 Å². The molecule has 0 aliphatic carbocycles. The van der Waals surface area contributed by atoms with E-state index in [2.05, 4.69) is 21.3 Å². The van der Waals surface area contributed by atoms with Gasteiger partial charge in [-0.1, -0.05) is 123 Å². The normalized spacial score (nSPS) is 17.6. The number of urea groups is 1. The summed E-state index contributed by atoms with van der Waals surface area (Å²) >= 11 is 0. The summed E-state index contributed by atoms with van der Waals surface area (Å²) in [6, 6.07) is 9.90. The second kappa shape index (κ2) is 32.9. The highest BCUT2D eigenvalue weighted by molar-refractivity contribution is 5.93. The Morgan fingerprint density at radius 2 is 1.40 bits per heavy atom. The first kappa shape index (κ1) is 68.1. The van der Waals surface area contributed by atoms with Crippen LogP contribution in [0.2, 0.25) is 0 Å². The summed E-state index contributed by atoms with van der Waals surface area (Å²) < 4.78 is 17.7. The van der Waals surface area contributed by atoms with Crippen molar-refractivity contribution in [2.75, 3.05) is 41.4 Å². The molecule has 80 heavy (non-hydrogen) atoms. The highest BCUT2D eigenvalue weighted by Crippen LogP contribution is 2.30. The molecular weight excluding hydrogens is 1030 g/mol. The number of nitrogens with one attached hydrogen (secondary N) is 4. The summed E-state index contributed by atoms with van der Waals surface area (Å²) in [5, 5.41) is 22.1. The number of nitrogens with two attached hydrogens (primary N) is 2. The number of carbonyl (C=O) groups is 8. The second-order valence-corrected chi connectivity index (χ2v) is 22.6. The third-order valence-corrected chi connectivity index (χ3v) is 15.5. The lowest BCUT2D eigenvalue weighted by molar-refractivity contribution is -0.148. The van der Waals surface area contributed by atoms with Gasteiger partial charge in [-0.15, -0.1) is 0 Å². The number of hydrogen-bond acceptors (Lipinski definition) is 13. The van der Waals surface area contributed by atoms with Gasteiger partial charge in [0.15, 0.2) is 5.78 Å². The summed E-state index contributed by atoms with van der Waals surface area (Å²) in [7, 11) is 6.14. The Hall–Kier alpha value is -6.16. The second-order valence-electron chi connectivity index (χ2n) is 22.6. The lowest BCUT2D eigenvalue weighted by Gasteiger charge is -2.41. The molecule has 0 aromatic heterocycles. The third-order valence-electron chi connectivity index (χ3n) is 15.5. The summed E-state index contributed by atoms with van der Waals surface area (Å²) in [6.07, 6.45) is -0.612. The van der Waals surface area contributed by atoms with Gasteiger partial charge in [-0.3, -0.25) is 33.7 Å². The van der Waals surface area contributed by atoms with Gasteiger partial charge >= 0.3 is 12.1 Å². The molecule has 1 saturated heterocycles. The fourth-order valence-corrected chi connectivity index (χ4v) is 10.4. The van der Waals surface area contributed by atoms with Crippen LogP contribution in [0, 0.1) is 29.6 Å². The van der Waals surface area contributed by atoms with Crippen LogP contribution in [0.3, 0.4) is 0 Å². The van der Waals surface area contributed by atoms with Crippen molar-refractivity contribution in [1.82, 2.24) is 36.0 Å². The van der Waals surface area contributed by atoms with Crippen LogP contribution < -0.4 is 32.7 Å². The highest BCUT2D eigenvalue weighted by atomic mass is 16.6. The molecule has 2 aromatic carbocycles. The maximum absolute atomic E-state index is 14.7. The Morgan fingerprint density at radius 1 is 0.775 bits per heavy atom. The van der Waals surface area contributed by atoms with Crippen molar-refractivity contribution in [1.29, 1.82) is 0 Å². The van der Waals surface area contributed by atoms with E-state index < -0.39 is 108 Å². The SMILES string of the molecule is CC[C@H](C)[C@@H]([C@@H](CC(=O)N1CCC[C@H]1[C@H](OC)[C@@H](C)C(=O)N[C@H](C)[C@@H](O)c1ccccc1)OC)N(C)C(=O)[C@@H](NC(=O)[C@H](C(C)C)N(C)C(=O)OCc1ccc(CC(=O)C(CCCNC(N)=O)NC(=O)C(N)C(C)C)cc1)C(C)C. The van der Waals surface area contributed by atoms with Crippen molar-refractivity contribution >= 4 is 47.4 Å². The Bertz CT molecular complexity index is 2320. The lowest BCUT2D eigenvalue weighted by Crippen LogP contribution is -2.60. The predicted molar refractivity (Wildman–Crippen MR) is 305 cm³/mol. The van der Waals surface area contributed by atoms with Crippen LogP contribution in [0.1, 0.15) is 131 Å².